The molecule has 0 aliphatic carbocycles. The first-order valence-corrected chi connectivity index (χ1v) is 13.0. The maximum Gasteiger partial charge on any atom is 0.415 e. The highest BCUT2D eigenvalue weighted by molar-refractivity contribution is 5.72. The number of carboxylic acids is 1. The molecule has 0 saturated heterocycles. The van der Waals surface area contributed by atoms with Gasteiger partial charge in [-0.2, -0.15) is 0 Å². The molecule has 0 saturated carbocycles. The highest BCUT2D eigenvalue weighted by atomic mass is 16.6. The SMILES string of the molecule is CCCCCCCCN(CCOc1ccc(CC(OCC)C(=O)O)cc1)C(=O)Oc1ccccc1C. The fourth-order valence-electron chi connectivity index (χ4n) is 3.84. The van der Waals surface area contributed by atoms with Gasteiger partial charge >= 0.3 is 12.1 Å². The molecule has 0 fully saturated rings. The lowest BCUT2D eigenvalue weighted by Crippen LogP contribution is -2.37. The van der Waals surface area contributed by atoms with Crippen LogP contribution in [0.4, 0.5) is 4.79 Å². The van der Waals surface area contributed by atoms with Crippen LogP contribution in [0.2, 0.25) is 0 Å². The van der Waals surface area contributed by atoms with Gasteiger partial charge in [0.1, 0.15) is 18.1 Å². The molecule has 1 atom stereocenters. The van der Waals surface area contributed by atoms with E-state index in [-0.39, 0.29) is 6.09 Å². The number of ether oxygens (including phenoxy) is 3. The summed E-state index contributed by atoms with van der Waals surface area (Å²) in [6.07, 6.45) is 5.91. The molecule has 36 heavy (non-hydrogen) atoms. The smallest absolute Gasteiger partial charge is 0.415 e. The number of aliphatic carboxylic acids is 1. The van der Waals surface area contributed by atoms with Crippen molar-refractivity contribution in [3.8, 4) is 11.5 Å². The predicted molar refractivity (Wildman–Crippen MR) is 141 cm³/mol. The first kappa shape index (κ1) is 29.2. The number of para-hydroxylation sites is 1. The van der Waals surface area contributed by atoms with Crippen LogP contribution in [-0.4, -0.2) is 54.5 Å². The second kappa shape index (κ2) is 16.6. The third-order valence-corrected chi connectivity index (χ3v) is 5.95. The van der Waals surface area contributed by atoms with Crippen LogP contribution < -0.4 is 9.47 Å². The lowest BCUT2D eigenvalue weighted by molar-refractivity contribution is -0.149. The zero-order valence-corrected chi connectivity index (χ0v) is 21.9. The highest BCUT2D eigenvalue weighted by Crippen LogP contribution is 2.18. The molecule has 7 nitrogen and oxygen atoms in total. The Labute approximate surface area is 215 Å². The van der Waals surface area contributed by atoms with Gasteiger partial charge in [-0.15, -0.1) is 0 Å². The molecule has 1 N–H and O–H groups in total. The Morgan fingerprint density at radius 3 is 2.28 bits per heavy atom. The Morgan fingerprint density at radius 1 is 0.917 bits per heavy atom. The van der Waals surface area contributed by atoms with Gasteiger partial charge in [0, 0.05) is 19.6 Å². The molecule has 1 unspecified atom stereocenters. The maximum absolute atomic E-state index is 12.9. The van der Waals surface area contributed by atoms with Gasteiger partial charge in [0.2, 0.25) is 0 Å². The zero-order valence-electron chi connectivity index (χ0n) is 21.9. The van der Waals surface area contributed by atoms with Gasteiger partial charge in [-0.25, -0.2) is 9.59 Å². The van der Waals surface area contributed by atoms with Crippen molar-refractivity contribution in [2.24, 2.45) is 0 Å². The molecule has 1 amide bonds. The van der Waals surface area contributed by atoms with E-state index >= 15 is 0 Å². The van der Waals surface area contributed by atoms with E-state index in [1.165, 1.54) is 25.7 Å². The van der Waals surface area contributed by atoms with Crippen LogP contribution in [-0.2, 0) is 16.0 Å². The highest BCUT2D eigenvalue weighted by Gasteiger charge is 2.18. The van der Waals surface area contributed by atoms with E-state index in [0.717, 1.165) is 24.0 Å². The zero-order chi connectivity index (χ0) is 26.2. The Kier molecular flexibility index (Phi) is 13.4. The third kappa shape index (κ3) is 10.7. The van der Waals surface area contributed by atoms with Crippen molar-refractivity contribution in [3.05, 3.63) is 59.7 Å². The molecular weight excluding hydrogens is 458 g/mol. The van der Waals surface area contributed by atoms with Crippen molar-refractivity contribution in [1.82, 2.24) is 4.90 Å². The molecule has 2 aromatic rings. The number of carbonyl (C=O) groups is 2. The topological polar surface area (TPSA) is 85.3 Å². The van der Waals surface area contributed by atoms with E-state index in [0.29, 0.717) is 44.2 Å². The third-order valence-electron chi connectivity index (χ3n) is 5.95. The van der Waals surface area contributed by atoms with Crippen molar-refractivity contribution >= 4 is 12.1 Å². The summed E-state index contributed by atoms with van der Waals surface area (Å²) in [5.41, 5.74) is 1.77. The molecule has 2 rings (SSSR count). The van der Waals surface area contributed by atoms with Crippen LogP contribution >= 0.6 is 0 Å². The Morgan fingerprint density at radius 2 is 1.61 bits per heavy atom. The molecule has 7 heteroatoms. The van der Waals surface area contributed by atoms with E-state index in [1.807, 2.05) is 49.4 Å². The first-order valence-electron chi connectivity index (χ1n) is 13.0. The Hall–Kier alpha value is -3.06. The molecule has 198 valence electrons. The molecular formula is C29H41NO6. The number of aryl methyl sites for hydroxylation is 1. The summed E-state index contributed by atoms with van der Waals surface area (Å²) in [6, 6.07) is 14.8. The minimum absolute atomic E-state index is 0.292. The van der Waals surface area contributed by atoms with Crippen molar-refractivity contribution < 1.29 is 28.9 Å². The molecule has 0 aromatic heterocycles. The van der Waals surface area contributed by atoms with Gasteiger partial charge in [0.05, 0.1) is 6.54 Å². The number of rotatable bonds is 17. The van der Waals surface area contributed by atoms with Crippen LogP contribution in [0.5, 0.6) is 11.5 Å². The standard InChI is InChI=1S/C29H41NO6/c1-4-6-7-8-9-12-19-30(29(33)36-26-14-11-10-13-23(26)3)20-21-35-25-17-15-24(16-18-25)22-27(28(31)32)34-5-2/h10-11,13-18,27H,4-9,12,19-22H2,1-3H3,(H,31,32). The lowest BCUT2D eigenvalue weighted by atomic mass is 10.1. The molecule has 0 heterocycles. The number of unbranched alkanes of at least 4 members (excludes halogenated alkanes) is 5. The summed E-state index contributed by atoms with van der Waals surface area (Å²) in [4.78, 5) is 25.9. The minimum Gasteiger partial charge on any atom is -0.492 e. The Bertz CT molecular complexity index is 914. The molecule has 0 aliphatic heterocycles. The summed E-state index contributed by atoms with van der Waals surface area (Å²) >= 11 is 0. The fourth-order valence-corrected chi connectivity index (χ4v) is 3.84. The molecule has 2 aromatic carbocycles. The van der Waals surface area contributed by atoms with Gasteiger partial charge < -0.3 is 24.2 Å². The summed E-state index contributed by atoms with van der Waals surface area (Å²) in [5.74, 6) is 0.257. The first-order chi connectivity index (χ1) is 17.4. The lowest BCUT2D eigenvalue weighted by Gasteiger charge is -2.22. The van der Waals surface area contributed by atoms with E-state index in [2.05, 4.69) is 6.92 Å². The summed E-state index contributed by atoms with van der Waals surface area (Å²) in [5, 5.41) is 9.26. The average Bonchev–Trinajstić information content (AvgIpc) is 2.87. The largest absolute Gasteiger partial charge is 0.492 e. The van der Waals surface area contributed by atoms with Crippen LogP contribution in [0.1, 0.15) is 63.5 Å². The van der Waals surface area contributed by atoms with Crippen molar-refractivity contribution in [2.45, 2.75) is 71.8 Å². The van der Waals surface area contributed by atoms with Gasteiger partial charge in [-0.05, 0) is 49.6 Å². The number of carbonyl (C=O) groups excluding carboxylic acids is 1. The minimum atomic E-state index is -0.972. The van der Waals surface area contributed by atoms with Crippen LogP contribution in [0.15, 0.2) is 48.5 Å². The quantitative estimate of drug-likeness (QED) is 0.258. The van der Waals surface area contributed by atoms with Crippen LogP contribution in [0, 0.1) is 6.92 Å². The summed E-state index contributed by atoms with van der Waals surface area (Å²) < 4.78 is 16.8. The second-order valence-electron chi connectivity index (χ2n) is 8.87. The molecule has 0 spiro atoms. The van der Waals surface area contributed by atoms with Crippen LogP contribution in [0.3, 0.4) is 0 Å². The van der Waals surface area contributed by atoms with E-state index in [4.69, 9.17) is 14.2 Å². The molecule has 0 radical (unpaired) electrons. The van der Waals surface area contributed by atoms with Crippen molar-refractivity contribution in [2.75, 3.05) is 26.3 Å². The number of hydrogen-bond donors (Lipinski definition) is 1. The van der Waals surface area contributed by atoms with Gasteiger partial charge in [-0.3, -0.25) is 0 Å². The summed E-state index contributed by atoms with van der Waals surface area (Å²) in [7, 11) is 0. The fraction of sp³-hybridized carbons (Fsp3) is 0.517. The van der Waals surface area contributed by atoms with E-state index in [1.54, 1.807) is 17.9 Å². The molecule has 0 bridgehead atoms. The van der Waals surface area contributed by atoms with Crippen LogP contribution in [0.25, 0.3) is 0 Å². The van der Waals surface area contributed by atoms with Gasteiger partial charge in [-0.1, -0.05) is 69.4 Å². The maximum atomic E-state index is 12.9. The molecule has 0 aliphatic rings. The van der Waals surface area contributed by atoms with Crippen molar-refractivity contribution in [1.29, 1.82) is 0 Å². The van der Waals surface area contributed by atoms with Gasteiger partial charge in [0.15, 0.2) is 6.10 Å². The monoisotopic (exact) mass is 499 g/mol. The number of benzene rings is 2. The number of carboxylic acid groups (broad SMARTS) is 1. The Balaban J connectivity index is 1.90. The van der Waals surface area contributed by atoms with Crippen molar-refractivity contribution in [3.63, 3.8) is 0 Å². The predicted octanol–water partition coefficient (Wildman–Crippen LogP) is 6.27. The van der Waals surface area contributed by atoms with E-state index in [9.17, 15) is 14.7 Å². The number of nitrogens with zero attached hydrogens (tertiary/aromatic N) is 1. The summed E-state index contributed by atoms with van der Waals surface area (Å²) in [6.45, 7) is 7.60. The second-order valence-corrected chi connectivity index (χ2v) is 8.87. The number of hydrogen-bond acceptors (Lipinski definition) is 5. The van der Waals surface area contributed by atoms with E-state index < -0.39 is 12.1 Å². The van der Waals surface area contributed by atoms with Gasteiger partial charge in [0.25, 0.3) is 0 Å². The number of amides is 1. The average molecular weight is 500 g/mol. The normalized spacial score (nSPS) is 11.6.